The van der Waals surface area contributed by atoms with E-state index in [0.29, 0.717) is 5.89 Å². The predicted octanol–water partition coefficient (Wildman–Crippen LogP) is 10.5. The molecule has 0 bridgehead atoms. The lowest BCUT2D eigenvalue weighted by Crippen LogP contribution is -2.40. The highest BCUT2D eigenvalue weighted by atomic mass is 16.5. The Morgan fingerprint density at radius 1 is 0.674 bits per heavy atom. The van der Waals surface area contributed by atoms with Crippen LogP contribution < -0.4 is 10.1 Å². The number of fused-ring (bicyclic) bond motifs is 2. The zero-order valence-corrected chi connectivity index (χ0v) is 25.2. The van der Waals surface area contributed by atoms with E-state index in [9.17, 15) is 0 Å². The van der Waals surface area contributed by atoms with Crippen molar-refractivity contribution in [3.8, 4) is 17.2 Å². The Balaban J connectivity index is 1.23. The van der Waals surface area contributed by atoms with Gasteiger partial charge in [0.25, 0.3) is 0 Å². The molecule has 1 atom stereocenters. The molecule has 4 nitrogen and oxygen atoms in total. The Labute approximate surface area is 268 Å². The second kappa shape index (κ2) is 11.6. The number of benzene rings is 5. The summed E-state index contributed by atoms with van der Waals surface area (Å²) in [6.45, 7) is 0. The van der Waals surface area contributed by atoms with E-state index in [1.807, 2.05) is 66.7 Å². The number of nitrogens with one attached hydrogen (secondary N) is 1. The highest BCUT2D eigenvalue weighted by molar-refractivity contribution is 5.78. The molecule has 1 N–H and O–H groups in total. The fourth-order valence-corrected chi connectivity index (χ4v) is 6.27. The minimum absolute atomic E-state index is 0.332. The van der Waals surface area contributed by atoms with Gasteiger partial charge in [-0.15, -0.1) is 0 Å². The van der Waals surface area contributed by atoms with Gasteiger partial charge in [-0.2, -0.15) is 0 Å². The fourth-order valence-electron chi connectivity index (χ4n) is 6.27. The van der Waals surface area contributed by atoms with Crippen LogP contribution in [0.3, 0.4) is 0 Å². The first-order valence-corrected chi connectivity index (χ1v) is 15.6. The van der Waals surface area contributed by atoms with Crippen LogP contribution in [0.15, 0.2) is 174 Å². The minimum Gasteiger partial charge on any atom is -0.457 e. The number of aromatic nitrogens is 1. The van der Waals surface area contributed by atoms with E-state index in [4.69, 9.17) is 14.1 Å². The number of para-hydroxylation sites is 4. The average Bonchev–Trinajstić information content (AvgIpc) is 3.74. The molecule has 0 saturated carbocycles. The zero-order chi connectivity index (χ0) is 30.8. The third-order valence-electron chi connectivity index (χ3n) is 8.72. The highest BCUT2D eigenvalue weighted by Crippen LogP contribution is 2.50. The predicted molar refractivity (Wildman–Crippen MR) is 187 cm³/mol. The SMILES string of the molecule is C1=CC(C=Cc2ccccc2)(C=Cc2ccccc2)CC=C1C1(c2ccccc2-c2nc3ccccc3o2)Nc2ccccc2O1. The maximum Gasteiger partial charge on any atom is 0.234 e. The van der Waals surface area contributed by atoms with Crippen molar-refractivity contribution in [2.75, 3.05) is 5.32 Å². The molecule has 4 heteroatoms. The molecule has 0 spiro atoms. The van der Waals surface area contributed by atoms with E-state index in [1.165, 1.54) is 0 Å². The Kier molecular flexibility index (Phi) is 6.96. The van der Waals surface area contributed by atoms with Crippen molar-refractivity contribution < 1.29 is 9.15 Å². The number of hydrogen-bond donors (Lipinski definition) is 1. The molecule has 2 aliphatic rings. The molecule has 0 saturated heterocycles. The van der Waals surface area contributed by atoms with E-state index in [2.05, 4.69) is 115 Å². The summed E-state index contributed by atoms with van der Waals surface area (Å²) in [5.41, 5.74) is 6.34. The quantitative estimate of drug-likeness (QED) is 0.199. The monoisotopic (exact) mass is 596 g/mol. The highest BCUT2D eigenvalue weighted by Gasteiger charge is 2.46. The number of allylic oxidation sites excluding steroid dienone is 4. The first-order chi connectivity index (χ1) is 22.7. The van der Waals surface area contributed by atoms with E-state index < -0.39 is 5.72 Å². The van der Waals surface area contributed by atoms with E-state index in [1.54, 1.807) is 0 Å². The lowest BCUT2D eigenvalue weighted by atomic mass is 9.76. The van der Waals surface area contributed by atoms with Gasteiger partial charge in [0.2, 0.25) is 11.6 Å². The van der Waals surface area contributed by atoms with E-state index in [-0.39, 0.29) is 5.41 Å². The van der Waals surface area contributed by atoms with Crippen LogP contribution >= 0.6 is 0 Å². The maximum absolute atomic E-state index is 6.95. The summed E-state index contributed by atoms with van der Waals surface area (Å²) in [5, 5.41) is 3.77. The Morgan fingerprint density at radius 3 is 2.02 bits per heavy atom. The largest absolute Gasteiger partial charge is 0.457 e. The number of hydrogen-bond acceptors (Lipinski definition) is 4. The topological polar surface area (TPSA) is 47.3 Å². The molecule has 46 heavy (non-hydrogen) atoms. The van der Waals surface area contributed by atoms with Gasteiger partial charge in [-0.25, -0.2) is 4.98 Å². The summed E-state index contributed by atoms with van der Waals surface area (Å²) < 4.78 is 13.2. The normalized spacial score (nSPS) is 20.5. The van der Waals surface area contributed by atoms with Crippen molar-refractivity contribution in [3.63, 3.8) is 0 Å². The van der Waals surface area contributed by atoms with Crippen LogP contribution in [-0.4, -0.2) is 4.98 Å². The Hall–Kier alpha value is -5.87. The van der Waals surface area contributed by atoms with Gasteiger partial charge in [0.1, 0.15) is 11.3 Å². The van der Waals surface area contributed by atoms with Crippen LogP contribution in [0.25, 0.3) is 34.7 Å². The summed E-state index contributed by atoms with van der Waals surface area (Å²) in [6, 6.07) is 45.0. The number of oxazole rings is 1. The summed E-state index contributed by atoms with van der Waals surface area (Å²) >= 11 is 0. The number of anilines is 1. The molecule has 1 aromatic heterocycles. The average molecular weight is 597 g/mol. The molecule has 8 rings (SSSR count). The molecule has 1 unspecified atom stereocenters. The molecule has 0 radical (unpaired) electrons. The third-order valence-corrected chi connectivity index (χ3v) is 8.72. The number of rotatable bonds is 7. The van der Waals surface area contributed by atoms with Gasteiger partial charge >= 0.3 is 0 Å². The zero-order valence-electron chi connectivity index (χ0n) is 25.2. The van der Waals surface area contributed by atoms with Crippen LogP contribution in [0.1, 0.15) is 23.1 Å². The van der Waals surface area contributed by atoms with Crippen molar-refractivity contribution in [3.05, 3.63) is 186 Å². The molecule has 6 aromatic rings. The van der Waals surface area contributed by atoms with Crippen LogP contribution in [0.5, 0.6) is 5.75 Å². The summed E-state index contributed by atoms with van der Waals surface area (Å²) in [6.07, 6.45) is 16.5. The van der Waals surface area contributed by atoms with E-state index in [0.717, 1.165) is 56.8 Å². The third kappa shape index (κ3) is 5.14. The van der Waals surface area contributed by atoms with E-state index >= 15 is 0 Å². The maximum atomic E-state index is 6.95. The lowest BCUT2D eigenvalue weighted by molar-refractivity contribution is 0.162. The molecule has 1 aliphatic heterocycles. The number of ether oxygens (including phenoxy) is 1. The summed E-state index contributed by atoms with van der Waals surface area (Å²) in [7, 11) is 0. The van der Waals surface area contributed by atoms with Gasteiger partial charge < -0.3 is 14.5 Å². The van der Waals surface area contributed by atoms with Crippen molar-refractivity contribution in [2.45, 2.75) is 12.1 Å². The summed E-state index contributed by atoms with van der Waals surface area (Å²) in [5.74, 6) is 1.36. The lowest BCUT2D eigenvalue weighted by Gasteiger charge is -2.36. The van der Waals surface area contributed by atoms with Crippen LogP contribution in [0.4, 0.5) is 5.69 Å². The molecular formula is C42H32N2O2. The first kappa shape index (κ1) is 27.7. The van der Waals surface area contributed by atoms with Crippen molar-refractivity contribution >= 4 is 28.9 Å². The molecule has 2 heterocycles. The van der Waals surface area contributed by atoms with Crippen molar-refractivity contribution in [2.24, 2.45) is 5.41 Å². The van der Waals surface area contributed by atoms with Crippen molar-refractivity contribution in [1.29, 1.82) is 0 Å². The first-order valence-electron chi connectivity index (χ1n) is 15.6. The Bertz CT molecular complexity index is 2030. The Morgan fingerprint density at radius 2 is 1.33 bits per heavy atom. The molecule has 0 amide bonds. The standard InChI is InChI=1S/C42H32N2O2/c1-3-13-31(14-4-1)23-27-41(28-24-32-15-5-2-6-16-32)29-25-33(26-30-41)42(44-37-20-10-12-22-39(37)46-42)35-18-8-7-17-34(35)40-43-36-19-9-11-21-38(36)45-40/h1-29,44H,30H2. The van der Waals surface area contributed by atoms with Gasteiger partial charge in [-0.3, -0.25) is 0 Å². The molecular weight excluding hydrogens is 564 g/mol. The smallest absolute Gasteiger partial charge is 0.234 e. The van der Waals surface area contributed by atoms with Crippen LogP contribution in [-0.2, 0) is 5.72 Å². The summed E-state index contributed by atoms with van der Waals surface area (Å²) in [4.78, 5) is 4.86. The molecule has 1 aliphatic carbocycles. The van der Waals surface area contributed by atoms with Crippen LogP contribution in [0, 0.1) is 5.41 Å². The van der Waals surface area contributed by atoms with Gasteiger partial charge in [0.15, 0.2) is 5.58 Å². The van der Waals surface area contributed by atoms with Gasteiger partial charge in [0, 0.05) is 22.1 Å². The fraction of sp³-hybridized carbons (Fsp3) is 0.0714. The minimum atomic E-state index is -0.990. The van der Waals surface area contributed by atoms with Gasteiger partial charge in [-0.05, 0) is 47.9 Å². The molecule has 0 fully saturated rings. The second-order valence-electron chi connectivity index (χ2n) is 11.7. The number of nitrogens with zero attached hydrogens (tertiary/aromatic N) is 1. The van der Waals surface area contributed by atoms with Crippen LogP contribution in [0.2, 0.25) is 0 Å². The molecule has 5 aromatic carbocycles. The second-order valence-corrected chi connectivity index (χ2v) is 11.7. The van der Waals surface area contributed by atoms with Gasteiger partial charge in [-0.1, -0.05) is 146 Å². The van der Waals surface area contributed by atoms with Gasteiger partial charge in [0.05, 0.1) is 5.69 Å². The molecule has 222 valence electrons. The van der Waals surface area contributed by atoms with Crippen molar-refractivity contribution in [1.82, 2.24) is 4.98 Å².